The number of nitrogens with zero attached hydrogens (tertiary/aromatic N) is 4. The van der Waals surface area contributed by atoms with Crippen LogP contribution in [0.1, 0.15) is 41.0 Å². The van der Waals surface area contributed by atoms with Crippen LogP contribution in [0.3, 0.4) is 0 Å². The fraction of sp³-hybridized carbons (Fsp3) is 0.240. The van der Waals surface area contributed by atoms with Crippen LogP contribution in [-0.2, 0) is 17.4 Å². The van der Waals surface area contributed by atoms with Gasteiger partial charge in [-0.25, -0.2) is 19.3 Å². The lowest BCUT2D eigenvalue weighted by Crippen LogP contribution is -2.15. The normalized spacial score (nSPS) is 11.5. The van der Waals surface area contributed by atoms with Crippen LogP contribution in [0.25, 0.3) is 16.8 Å². The Bertz CT molecular complexity index is 1550. The van der Waals surface area contributed by atoms with Gasteiger partial charge in [0.25, 0.3) is 5.91 Å². The van der Waals surface area contributed by atoms with Gasteiger partial charge in [0.05, 0.1) is 18.2 Å². The third kappa shape index (κ3) is 5.89. The number of imidazole rings is 1. The molecule has 3 heterocycles. The Balaban J connectivity index is 1.70. The van der Waals surface area contributed by atoms with Crippen LogP contribution in [0.2, 0.25) is 0 Å². The maximum absolute atomic E-state index is 15.6. The maximum Gasteiger partial charge on any atom is 0.416 e. The molecule has 4 rings (SSSR count). The summed E-state index contributed by atoms with van der Waals surface area (Å²) in [5.41, 5.74) is 5.10. The number of carbonyl (C=O) groups excluding carboxylic acids is 1. The number of fused-ring (bicyclic) bond motifs is 1. The van der Waals surface area contributed by atoms with E-state index in [-0.39, 0.29) is 46.1 Å². The lowest BCUT2D eigenvalue weighted by atomic mass is 10.0. The highest BCUT2D eigenvalue weighted by Gasteiger charge is 2.31. The number of halogens is 4. The van der Waals surface area contributed by atoms with Gasteiger partial charge in [-0.3, -0.25) is 14.0 Å². The Kier molecular flexibility index (Phi) is 7.65. The van der Waals surface area contributed by atoms with E-state index in [0.717, 1.165) is 18.3 Å². The first-order valence-corrected chi connectivity index (χ1v) is 11.5. The van der Waals surface area contributed by atoms with Gasteiger partial charge >= 0.3 is 12.1 Å². The van der Waals surface area contributed by atoms with Gasteiger partial charge in [-0.15, -0.1) is 0 Å². The Morgan fingerprint density at radius 1 is 1.15 bits per heavy atom. The van der Waals surface area contributed by atoms with Crippen LogP contribution in [0.5, 0.6) is 5.75 Å². The first-order valence-electron chi connectivity index (χ1n) is 11.5. The fourth-order valence-corrected chi connectivity index (χ4v) is 4.00. The molecule has 1 aromatic carbocycles. The Morgan fingerprint density at radius 3 is 2.62 bits per heavy atom. The second-order valence-corrected chi connectivity index (χ2v) is 8.43. The number of nitrogens with two attached hydrogens (primary N) is 1. The number of nitrogens with one attached hydrogen (secondary N) is 1. The minimum atomic E-state index is -4.64. The Hall–Kier alpha value is -4.75. The van der Waals surface area contributed by atoms with Crippen molar-refractivity contribution in [1.82, 2.24) is 19.4 Å². The standard InChI is InChI=1S/C25H22F4N6O4/c1-39-16-11-13(24(38)33-17-12-14(6-7-31-17)25(27,28)29)10-15(26)20(16)21-22-23(30)32-8-9-35(22)18(34-21)4-2-3-5-19(36)37/h6-12H,2-5H2,1H3,(H2,30,32)(H,36,37)(H,31,33,38). The highest BCUT2D eigenvalue weighted by molar-refractivity contribution is 6.05. The molecule has 0 spiro atoms. The molecule has 0 fully saturated rings. The van der Waals surface area contributed by atoms with Gasteiger partial charge in [-0.1, -0.05) is 0 Å². The number of ether oxygens (including phenoxy) is 1. The SMILES string of the molecule is COc1cc(C(=O)Nc2cc(C(F)(F)F)ccn2)cc(F)c1-c1nc(CCCCC(=O)O)n2ccnc(N)c12. The van der Waals surface area contributed by atoms with E-state index in [0.29, 0.717) is 31.2 Å². The number of carboxylic acid groups (broad SMARTS) is 1. The summed E-state index contributed by atoms with van der Waals surface area (Å²) < 4.78 is 61.5. The van der Waals surface area contributed by atoms with Gasteiger partial charge in [-0.05, 0) is 37.1 Å². The van der Waals surface area contributed by atoms with Crippen molar-refractivity contribution in [2.45, 2.75) is 31.9 Å². The molecule has 3 aromatic heterocycles. The summed E-state index contributed by atoms with van der Waals surface area (Å²) in [6.07, 6.45) is 0.537. The van der Waals surface area contributed by atoms with Crippen molar-refractivity contribution in [2.75, 3.05) is 18.2 Å². The van der Waals surface area contributed by atoms with E-state index >= 15 is 4.39 Å². The average molecular weight is 546 g/mol. The predicted molar refractivity (Wildman–Crippen MR) is 132 cm³/mol. The van der Waals surface area contributed by atoms with E-state index in [1.807, 2.05) is 0 Å². The van der Waals surface area contributed by atoms with Crippen molar-refractivity contribution in [3.63, 3.8) is 0 Å². The van der Waals surface area contributed by atoms with Gasteiger partial charge < -0.3 is 20.9 Å². The van der Waals surface area contributed by atoms with Gasteiger partial charge in [0.2, 0.25) is 0 Å². The molecule has 0 saturated carbocycles. The van der Waals surface area contributed by atoms with Crippen LogP contribution < -0.4 is 15.8 Å². The molecule has 0 unspecified atom stereocenters. The summed E-state index contributed by atoms with van der Waals surface area (Å²) in [7, 11) is 1.25. The molecule has 1 amide bonds. The number of carbonyl (C=O) groups is 2. The monoisotopic (exact) mass is 546 g/mol. The number of hydrogen-bond acceptors (Lipinski definition) is 7. The lowest BCUT2D eigenvalue weighted by Gasteiger charge is -2.12. The van der Waals surface area contributed by atoms with E-state index in [2.05, 4.69) is 20.3 Å². The summed E-state index contributed by atoms with van der Waals surface area (Å²) in [5.74, 6) is -2.66. The molecule has 0 aliphatic rings. The number of unbranched alkanes of at least 4 members (excludes halogenated alkanes) is 1. The number of aromatic nitrogens is 4. The largest absolute Gasteiger partial charge is 0.496 e. The first kappa shape index (κ1) is 27.3. The average Bonchev–Trinajstić information content (AvgIpc) is 3.24. The van der Waals surface area contributed by atoms with Crippen LogP contribution in [0.15, 0.2) is 42.9 Å². The van der Waals surface area contributed by atoms with Crippen molar-refractivity contribution in [3.05, 3.63) is 65.6 Å². The van der Waals surface area contributed by atoms with Gasteiger partial charge in [0, 0.05) is 37.0 Å². The predicted octanol–water partition coefficient (Wildman–Crippen LogP) is 4.59. The van der Waals surface area contributed by atoms with Crippen molar-refractivity contribution in [1.29, 1.82) is 0 Å². The van der Waals surface area contributed by atoms with Crippen molar-refractivity contribution in [3.8, 4) is 17.0 Å². The molecule has 4 N–H and O–H groups in total. The molecular formula is C25H22F4N6O4. The Morgan fingerprint density at radius 2 is 1.92 bits per heavy atom. The fourth-order valence-electron chi connectivity index (χ4n) is 4.00. The molecule has 0 aliphatic heterocycles. The summed E-state index contributed by atoms with van der Waals surface area (Å²) >= 11 is 0. The van der Waals surface area contributed by atoms with Crippen LogP contribution in [0, 0.1) is 5.82 Å². The topological polar surface area (TPSA) is 145 Å². The van der Waals surface area contributed by atoms with E-state index in [4.69, 9.17) is 15.6 Å². The van der Waals surface area contributed by atoms with Gasteiger partial charge in [-0.2, -0.15) is 13.2 Å². The highest BCUT2D eigenvalue weighted by Crippen LogP contribution is 2.38. The van der Waals surface area contributed by atoms with E-state index < -0.39 is 29.4 Å². The zero-order valence-corrected chi connectivity index (χ0v) is 20.4. The molecule has 0 saturated heterocycles. The molecule has 0 aliphatic carbocycles. The number of alkyl halides is 3. The number of pyridine rings is 1. The second kappa shape index (κ2) is 10.9. The van der Waals surface area contributed by atoms with Crippen molar-refractivity contribution < 1.29 is 37.0 Å². The number of anilines is 2. The second-order valence-electron chi connectivity index (χ2n) is 8.43. The first-order chi connectivity index (χ1) is 18.5. The Labute approximate surface area is 218 Å². The molecule has 0 atom stereocenters. The number of hydrogen-bond donors (Lipinski definition) is 3. The number of methoxy groups -OCH3 is 1. The summed E-state index contributed by atoms with van der Waals surface area (Å²) in [6.45, 7) is 0. The number of amides is 1. The van der Waals surface area contributed by atoms with E-state index in [1.165, 1.54) is 19.4 Å². The van der Waals surface area contributed by atoms with Gasteiger partial charge in [0.1, 0.15) is 40.2 Å². The summed E-state index contributed by atoms with van der Waals surface area (Å²) in [6, 6.07) is 3.52. The van der Waals surface area contributed by atoms with Crippen LogP contribution in [0.4, 0.5) is 29.2 Å². The minimum Gasteiger partial charge on any atom is -0.496 e. The maximum atomic E-state index is 15.6. The van der Waals surface area contributed by atoms with Crippen LogP contribution in [-0.4, -0.2) is 43.4 Å². The number of carboxylic acids is 1. The zero-order chi connectivity index (χ0) is 28.3. The molecule has 10 nitrogen and oxygen atoms in total. The zero-order valence-electron chi connectivity index (χ0n) is 20.4. The molecule has 14 heteroatoms. The third-order valence-electron chi connectivity index (χ3n) is 5.80. The molecule has 39 heavy (non-hydrogen) atoms. The molecule has 4 aromatic rings. The molecular weight excluding hydrogens is 524 g/mol. The number of nitrogen functional groups attached to an aromatic ring is 1. The quantitative estimate of drug-likeness (QED) is 0.204. The lowest BCUT2D eigenvalue weighted by molar-refractivity contribution is -0.138. The van der Waals surface area contributed by atoms with Crippen molar-refractivity contribution >= 4 is 29.0 Å². The van der Waals surface area contributed by atoms with Crippen molar-refractivity contribution in [2.24, 2.45) is 0 Å². The number of benzene rings is 1. The number of aliphatic carboxylic acids is 1. The molecule has 0 radical (unpaired) electrons. The van der Waals surface area contributed by atoms with E-state index in [1.54, 1.807) is 10.6 Å². The van der Waals surface area contributed by atoms with E-state index in [9.17, 15) is 22.8 Å². The molecule has 0 bridgehead atoms. The number of aryl methyl sites for hydroxylation is 1. The van der Waals surface area contributed by atoms with Crippen LogP contribution >= 0.6 is 0 Å². The van der Waals surface area contributed by atoms with Gasteiger partial charge in [0.15, 0.2) is 0 Å². The minimum absolute atomic E-state index is 0.0120. The third-order valence-corrected chi connectivity index (χ3v) is 5.80. The molecule has 204 valence electrons. The highest BCUT2D eigenvalue weighted by atomic mass is 19.4. The summed E-state index contributed by atoms with van der Waals surface area (Å²) in [5, 5.41) is 11.1. The number of rotatable bonds is 9. The summed E-state index contributed by atoms with van der Waals surface area (Å²) in [4.78, 5) is 35.9. The smallest absolute Gasteiger partial charge is 0.416 e.